The summed E-state index contributed by atoms with van der Waals surface area (Å²) in [4.78, 5) is 64.6. The van der Waals surface area contributed by atoms with Gasteiger partial charge in [0.2, 0.25) is 0 Å². The lowest BCUT2D eigenvalue weighted by Crippen LogP contribution is -2.53. The molecule has 2 heterocycles. The maximum atomic E-state index is 13.2. The number of carbonyl (C=O) groups is 5. The van der Waals surface area contributed by atoms with Crippen LogP contribution in [0.15, 0.2) is 18.2 Å². The van der Waals surface area contributed by atoms with Crippen LogP contribution in [0.3, 0.4) is 0 Å². The van der Waals surface area contributed by atoms with Crippen LogP contribution in [0.25, 0.3) is 0 Å². The molecule has 35 heavy (non-hydrogen) atoms. The van der Waals surface area contributed by atoms with Crippen LogP contribution >= 0.6 is 0 Å². The number of hydrogen-bond donors (Lipinski definition) is 3. The summed E-state index contributed by atoms with van der Waals surface area (Å²) in [6, 6.07) is 3.27. The van der Waals surface area contributed by atoms with Gasteiger partial charge in [0, 0.05) is 0 Å². The SMILES string of the molecule is COc1ccc(C2(C)NC(=O)N(CC(=O)NN3C(=O)NC4(CCC(C)CC4)C3=O)C2=O)cc1OC. The van der Waals surface area contributed by atoms with Crippen LogP contribution in [-0.4, -0.2) is 66.0 Å². The van der Waals surface area contributed by atoms with Crippen LogP contribution < -0.4 is 25.5 Å². The molecule has 0 aromatic heterocycles. The molecule has 3 N–H and O–H groups in total. The van der Waals surface area contributed by atoms with Crippen molar-refractivity contribution in [3.8, 4) is 11.5 Å². The highest BCUT2D eigenvalue weighted by Crippen LogP contribution is 2.37. The molecular weight excluding hydrogens is 458 g/mol. The number of hydrogen-bond acceptors (Lipinski definition) is 7. The fourth-order valence-corrected chi connectivity index (χ4v) is 4.80. The highest BCUT2D eigenvalue weighted by atomic mass is 16.5. The number of imide groups is 2. The van der Waals surface area contributed by atoms with Gasteiger partial charge in [0.25, 0.3) is 17.7 Å². The van der Waals surface area contributed by atoms with Gasteiger partial charge < -0.3 is 20.1 Å². The molecule has 0 radical (unpaired) electrons. The minimum Gasteiger partial charge on any atom is -0.493 e. The molecule has 7 amide bonds. The number of nitrogens with zero attached hydrogens (tertiary/aromatic N) is 2. The Labute approximate surface area is 202 Å². The van der Waals surface area contributed by atoms with Gasteiger partial charge >= 0.3 is 12.1 Å². The summed E-state index contributed by atoms with van der Waals surface area (Å²) in [7, 11) is 2.92. The fourth-order valence-electron chi connectivity index (χ4n) is 4.80. The van der Waals surface area contributed by atoms with E-state index in [4.69, 9.17) is 9.47 Å². The summed E-state index contributed by atoms with van der Waals surface area (Å²) in [6.45, 7) is 2.92. The van der Waals surface area contributed by atoms with Crippen molar-refractivity contribution in [2.75, 3.05) is 20.8 Å². The normalized spacial score (nSPS) is 28.3. The summed E-state index contributed by atoms with van der Waals surface area (Å²) < 4.78 is 10.5. The highest BCUT2D eigenvalue weighted by molar-refractivity contribution is 6.10. The van der Waals surface area contributed by atoms with Crippen molar-refractivity contribution in [3.63, 3.8) is 0 Å². The maximum absolute atomic E-state index is 13.2. The second kappa shape index (κ2) is 8.75. The first kappa shape index (κ1) is 24.3. The minimum atomic E-state index is -1.46. The zero-order valence-electron chi connectivity index (χ0n) is 20.1. The summed E-state index contributed by atoms with van der Waals surface area (Å²) >= 11 is 0. The largest absolute Gasteiger partial charge is 0.493 e. The summed E-state index contributed by atoms with van der Waals surface area (Å²) in [5.74, 6) is -0.779. The highest BCUT2D eigenvalue weighted by Gasteiger charge is 2.54. The van der Waals surface area contributed by atoms with Crippen molar-refractivity contribution < 1.29 is 33.4 Å². The second-order valence-corrected chi connectivity index (χ2v) is 9.39. The van der Waals surface area contributed by atoms with Crippen molar-refractivity contribution in [2.24, 2.45) is 5.92 Å². The molecule has 4 rings (SSSR count). The van der Waals surface area contributed by atoms with Gasteiger partial charge in [-0.1, -0.05) is 13.0 Å². The number of carbonyl (C=O) groups excluding carboxylic acids is 5. The Morgan fingerprint density at radius 2 is 1.69 bits per heavy atom. The molecule has 1 saturated carbocycles. The molecule has 0 bridgehead atoms. The first-order valence-corrected chi connectivity index (χ1v) is 11.4. The lowest BCUT2D eigenvalue weighted by molar-refractivity contribution is -0.141. The summed E-state index contributed by atoms with van der Waals surface area (Å²) in [5, 5.41) is 5.95. The van der Waals surface area contributed by atoms with Crippen LogP contribution in [0.5, 0.6) is 11.5 Å². The van der Waals surface area contributed by atoms with Gasteiger partial charge in [0.1, 0.15) is 17.6 Å². The second-order valence-electron chi connectivity index (χ2n) is 9.39. The average Bonchev–Trinajstić information content (AvgIpc) is 3.20. The Hall–Kier alpha value is -3.83. The third-order valence-electron chi connectivity index (χ3n) is 7.06. The fraction of sp³-hybridized carbons (Fsp3) is 0.522. The quantitative estimate of drug-likeness (QED) is 0.508. The van der Waals surface area contributed by atoms with E-state index >= 15 is 0 Å². The van der Waals surface area contributed by atoms with E-state index in [9.17, 15) is 24.0 Å². The molecule has 1 spiro atoms. The molecule has 3 aliphatic rings. The Morgan fingerprint density at radius 3 is 2.31 bits per heavy atom. The van der Waals surface area contributed by atoms with Crippen molar-refractivity contribution in [3.05, 3.63) is 23.8 Å². The molecule has 12 nitrogen and oxygen atoms in total. The van der Waals surface area contributed by atoms with Crippen LogP contribution in [0, 0.1) is 5.92 Å². The topological polar surface area (TPSA) is 146 Å². The number of nitrogens with one attached hydrogen (secondary N) is 3. The number of methoxy groups -OCH3 is 2. The number of urea groups is 2. The van der Waals surface area contributed by atoms with Gasteiger partial charge in [0.15, 0.2) is 11.5 Å². The Balaban J connectivity index is 1.46. The van der Waals surface area contributed by atoms with E-state index in [0.717, 1.165) is 17.7 Å². The van der Waals surface area contributed by atoms with Crippen molar-refractivity contribution in [2.45, 2.75) is 50.6 Å². The smallest absolute Gasteiger partial charge is 0.344 e. The summed E-state index contributed by atoms with van der Waals surface area (Å²) in [6.07, 6.45) is 2.54. The third kappa shape index (κ3) is 4.02. The summed E-state index contributed by atoms with van der Waals surface area (Å²) in [5.41, 5.74) is 0.200. The number of amides is 7. The lowest BCUT2D eigenvalue weighted by Gasteiger charge is -2.33. The van der Waals surface area contributed by atoms with Crippen LogP contribution in [0.2, 0.25) is 0 Å². The van der Waals surface area contributed by atoms with E-state index in [1.165, 1.54) is 21.1 Å². The van der Waals surface area contributed by atoms with Gasteiger partial charge in [-0.3, -0.25) is 24.7 Å². The molecule has 1 atom stereocenters. The van der Waals surface area contributed by atoms with E-state index in [-0.39, 0.29) is 0 Å². The molecule has 12 heteroatoms. The molecule has 1 aromatic carbocycles. The molecule has 3 fully saturated rings. The third-order valence-corrected chi connectivity index (χ3v) is 7.06. The van der Waals surface area contributed by atoms with E-state index in [1.807, 2.05) is 0 Å². The molecule has 1 aliphatic carbocycles. The number of ether oxygens (including phenoxy) is 2. The number of benzene rings is 1. The van der Waals surface area contributed by atoms with E-state index in [2.05, 4.69) is 23.0 Å². The number of hydrazine groups is 1. The Kier molecular flexibility index (Phi) is 6.07. The van der Waals surface area contributed by atoms with E-state index in [1.54, 1.807) is 18.2 Å². The van der Waals surface area contributed by atoms with Gasteiger partial charge in [0.05, 0.1) is 14.2 Å². The molecule has 2 saturated heterocycles. The molecule has 2 aliphatic heterocycles. The van der Waals surface area contributed by atoms with Gasteiger partial charge in [-0.2, -0.15) is 5.01 Å². The van der Waals surface area contributed by atoms with Gasteiger partial charge in [-0.05, 0) is 56.2 Å². The first-order chi connectivity index (χ1) is 16.5. The van der Waals surface area contributed by atoms with Gasteiger partial charge in [-0.25, -0.2) is 9.59 Å². The zero-order chi connectivity index (χ0) is 25.5. The maximum Gasteiger partial charge on any atom is 0.344 e. The molecular formula is C23H29N5O7. The predicted molar refractivity (Wildman–Crippen MR) is 121 cm³/mol. The minimum absolute atomic E-state index is 0.370. The lowest BCUT2D eigenvalue weighted by atomic mass is 9.77. The standard InChI is InChI=1S/C23H29N5O7/c1-13-7-9-23(10-8-13)19(31)28(21(33)25-23)26-17(29)12-27-18(30)22(2,24-20(27)32)14-5-6-15(34-3)16(11-14)35-4/h5-6,11,13H,7-10,12H2,1-4H3,(H,24,32)(H,25,33)(H,26,29). The average molecular weight is 488 g/mol. The van der Waals surface area contributed by atoms with E-state index in [0.29, 0.717) is 40.8 Å². The van der Waals surface area contributed by atoms with Crippen molar-refractivity contribution in [1.82, 2.24) is 26.0 Å². The van der Waals surface area contributed by atoms with Crippen molar-refractivity contribution in [1.29, 1.82) is 0 Å². The van der Waals surface area contributed by atoms with Crippen LogP contribution in [0.1, 0.15) is 45.1 Å². The molecule has 1 unspecified atom stereocenters. The Morgan fingerprint density at radius 1 is 1.03 bits per heavy atom. The molecule has 188 valence electrons. The van der Waals surface area contributed by atoms with Crippen molar-refractivity contribution >= 4 is 29.8 Å². The predicted octanol–water partition coefficient (Wildman–Crippen LogP) is 1.00. The Bertz CT molecular complexity index is 1100. The number of rotatable bonds is 6. The van der Waals surface area contributed by atoms with Crippen LogP contribution in [0.4, 0.5) is 9.59 Å². The van der Waals surface area contributed by atoms with Gasteiger partial charge in [-0.15, -0.1) is 0 Å². The monoisotopic (exact) mass is 487 g/mol. The zero-order valence-corrected chi connectivity index (χ0v) is 20.1. The molecule has 1 aromatic rings. The van der Waals surface area contributed by atoms with E-state index < -0.39 is 47.4 Å². The first-order valence-electron chi connectivity index (χ1n) is 11.4. The van der Waals surface area contributed by atoms with Crippen LogP contribution in [-0.2, 0) is 19.9 Å².